The highest BCUT2D eigenvalue weighted by molar-refractivity contribution is 7.55. The summed E-state index contributed by atoms with van der Waals surface area (Å²) < 4.78 is 24.9. The van der Waals surface area contributed by atoms with Crippen LogP contribution in [0.2, 0.25) is 0 Å². The lowest BCUT2D eigenvalue weighted by Crippen LogP contribution is -2.40. The Morgan fingerprint density at radius 2 is 1.70 bits per heavy atom. The normalized spacial score (nSPS) is 29.0. The number of hydrogen-bond acceptors (Lipinski definition) is 6. The Bertz CT molecular complexity index is 698. The number of imide groups is 1. The standard InChI is InChI=1S/C22H36NO6P/c1-3-28-30(27,29-4-2)18-15-16-11-7-8-12-17(16)19-20(18)22(26)23(21(19)25)13-9-5-6-10-14-24/h15,17-20,24H,3-14H2,1-2H3/t17?,18-,19+,20-/m1/s1. The SMILES string of the molecule is CCOP(=O)(OCC)[C@@H]1C=C2CCCCC2[C@@H]2C(=O)N(CCCCCCO)C(=O)[C@H]12. The first-order valence-electron chi connectivity index (χ1n) is 11.5. The first-order chi connectivity index (χ1) is 14.5. The van der Waals surface area contributed by atoms with Crippen molar-refractivity contribution >= 4 is 19.4 Å². The van der Waals surface area contributed by atoms with Crippen LogP contribution in [0.1, 0.15) is 65.2 Å². The van der Waals surface area contributed by atoms with Crippen molar-refractivity contribution in [2.45, 2.75) is 70.9 Å². The number of amides is 2. The number of unbranched alkanes of at least 4 members (excludes halogenated alkanes) is 3. The van der Waals surface area contributed by atoms with Crippen molar-refractivity contribution in [2.75, 3.05) is 26.4 Å². The molecule has 0 bridgehead atoms. The van der Waals surface area contributed by atoms with Crippen LogP contribution < -0.4 is 0 Å². The zero-order valence-electron chi connectivity index (χ0n) is 18.3. The Kier molecular flexibility index (Phi) is 8.31. The maximum atomic E-state index is 13.7. The van der Waals surface area contributed by atoms with Crippen LogP contribution in [0.4, 0.5) is 0 Å². The summed E-state index contributed by atoms with van der Waals surface area (Å²) in [5.74, 6) is -1.39. The molecule has 1 heterocycles. The zero-order chi connectivity index (χ0) is 21.7. The molecule has 0 aromatic rings. The molecule has 0 aromatic heterocycles. The molecule has 0 radical (unpaired) electrons. The smallest absolute Gasteiger partial charge is 0.338 e. The van der Waals surface area contributed by atoms with Crippen LogP contribution in [0.15, 0.2) is 11.6 Å². The molecular formula is C22H36NO6P. The summed E-state index contributed by atoms with van der Waals surface area (Å²) in [6.07, 6.45) is 9.04. The lowest BCUT2D eigenvalue weighted by atomic mass is 9.67. The van der Waals surface area contributed by atoms with Crippen LogP contribution in [0.25, 0.3) is 0 Å². The van der Waals surface area contributed by atoms with Crippen molar-refractivity contribution in [1.82, 2.24) is 4.90 Å². The molecule has 7 nitrogen and oxygen atoms in total. The van der Waals surface area contributed by atoms with Crippen molar-refractivity contribution in [3.63, 3.8) is 0 Å². The highest BCUT2D eigenvalue weighted by atomic mass is 31.2. The molecule has 4 atom stereocenters. The van der Waals surface area contributed by atoms with Crippen LogP contribution in [-0.2, 0) is 23.2 Å². The maximum absolute atomic E-state index is 13.7. The van der Waals surface area contributed by atoms with E-state index in [0.717, 1.165) is 56.9 Å². The molecule has 1 saturated heterocycles. The molecule has 2 amide bonds. The Balaban J connectivity index is 1.89. The van der Waals surface area contributed by atoms with Gasteiger partial charge in [-0.3, -0.25) is 19.1 Å². The molecule has 1 unspecified atom stereocenters. The fourth-order valence-electron chi connectivity index (χ4n) is 5.37. The predicted octanol–water partition coefficient (Wildman–Crippen LogP) is 3.91. The number of aliphatic hydroxyl groups excluding tert-OH is 1. The van der Waals surface area contributed by atoms with Gasteiger partial charge in [0, 0.05) is 13.2 Å². The van der Waals surface area contributed by atoms with Gasteiger partial charge in [-0.25, -0.2) is 0 Å². The summed E-state index contributed by atoms with van der Waals surface area (Å²) in [5.41, 5.74) is 0.459. The number of aliphatic hydroxyl groups is 1. The van der Waals surface area contributed by atoms with E-state index in [-0.39, 0.29) is 37.6 Å². The van der Waals surface area contributed by atoms with E-state index in [9.17, 15) is 14.2 Å². The molecule has 8 heteroatoms. The van der Waals surface area contributed by atoms with Gasteiger partial charge in [-0.05, 0) is 51.9 Å². The number of hydrogen-bond donors (Lipinski definition) is 1. The summed E-state index contributed by atoms with van der Waals surface area (Å²) in [6, 6.07) is 0. The van der Waals surface area contributed by atoms with Crippen molar-refractivity contribution in [1.29, 1.82) is 0 Å². The van der Waals surface area contributed by atoms with Crippen LogP contribution >= 0.6 is 7.60 Å². The minimum Gasteiger partial charge on any atom is -0.396 e. The first-order valence-corrected chi connectivity index (χ1v) is 13.1. The molecule has 3 rings (SSSR count). The second-order valence-electron chi connectivity index (χ2n) is 8.48. The van der Waals surface area contributed by atoms with E-state index in [4.69, 9.17) is 14.2 Å². The van der Waals surface area contributed by atoms with E-state index in [1.54, 1.807) is 13.8 Å². The molecule has 3 aliphatic rings. The fourth-order valence-corrected chi connectivity index (χ4v) is 7.59. The van der Waals surface area contributed by atoms with Gasteiger partial charge < -0.3 is 14.2 Å². The molecular weight excluding hydrogens is 405 g/mol. The van der Waals surface area contributed by atoms with Gasteiger partial charge in [-0.15, -0.1) is 0 Å². The molecule has 0 spiro atoms. The van der Waals surface area contributed by atoms with Gasteiger partial charge in [0.15, 0.2) is 0 Å². The minimum absolute atomic E-state index is 0.0625. The Hall–Kier alpha value is -1.01. The Labute approximate surface area is 179 Å². The molecule has 170 valence electrons. The zero-order valence-corrected chi connectivity index (χ0v) is 19.1. The van der Waals surface area contributed by atoms with Gasteiger partial charge in [-0.2, -0.15) is 0 Å². The molecule has 1 N–H and O–H groups in total. The van der Waals surface area contributed by atoms with Gasteiger partial charge in [0.05, 0.1) is 30.7 Å². The summed E-state index contributed by atoms with van der Waals surface area (Å²) in [5, 5.41) is 8.93. The predicted molar refractivity (Wildman–Crippen MR) is 114 cm³/mol. The van der Waals surface area contributed by atoms with Gasteiger partial charge in [0.25, 0.3) is 0 Å². The van der Waals surface area contributed by atoms with Crippen LogP contribution in [-0.4, -0.2) is 53.8 Å². The van der Waals surface area contributed by atoms with Gasteiger partial charge >= 0.3 is 7.60 Å². The van der Waals surface area contributed by atoms with Crippen molar-refractivity contribution in [3.8, 4) is 0 Å². The second-order valence-corrected chi connectivity index (χ2v) is 10.7. The number of carbonyl (C=O) groups excluding carboxylic acids is 2. The number of fused-ring (bicyclic) bond motifs is 3. The monoisotopic (exact) mass is 441 g/mol. The quantitative estimate of drug-likeness (QED) is 0.226. The maximum Gasteiger partial charge on any atom is 0.338 e. The molecule has 1 aliphatic heterocycles. The van der Waals surface area contributed by atoms with Crippen molar-refractivity contribution in [2.24, 2.45) is 17.8 Å². The van der Waals surface area contributed by atoms with Gasteiger partial charge in [-0.1, -0.05) is 30.9 Å². The number of nitrogens with zero attached hydrogens (tertiary/aromatic N) is 1. The molecule has 2 aliphatic carbocycles. The third-order valence-electron chi connectivity index (χ3n) is 6.66. The van der Waals surface area contributed by atoms with Crippen molar-refractivity contribution in [3.05, 3.63) is 11.6 Å². The summed E-state index contributed by atoms with van der Waals surface area (Å²) in [7, 11) is -3.56. The fraction of sp³-hybridized carbons (Fsp3) is 0.818. The van der Waals surface area contributed by atoms with E-state index < -0.39 is 25.1 Å². The van der Waals surface area contributed by atoms with Gasteiger partial charge in [0.2, 0.25) is 11.8 Å². The third-order valence-corrected chi connectivity index (χ3v) is 9.09. The van der Waals surface area contributed by atoms with E-state index in [1.165, 1.54) is 4.90 Å². The van der Waals surface area contributed by atoms with Crippen LogP contribution in [0, 0.1) is 17.8 Å². The molecule has 0 aromatic carbocycles. The lowest BCUT2D eigenvalue weighted by Gasteiger charge is -2.40. The summed E-state index contributed by atoms with van der Waals surface area (Å²) >= 11 is 0. The first kappa shape index (κ1) is 23.6. The molecule has 30 heavy (non-hydrogen) atoms. The highest BCUT2D eigenvalue weighted by Gasteiger charge is 2.60. The number of rotatable bonds is 11. The van der Waals surface area contributed by atoms with Crippen LogP contribution in [0.3, 0.4) is 0 Å². The molecule has 2 fully saturated rings. The van der Waals surface area contributed by atoms with E-state index >= 15 is 0 Å². The average Bonchev–Trinajstić information content (AvgIpc) is 2.98. The second kappa shape index (κ2) is 10.5. The average molecular weight is 442 g/mol. The lowest BCUT2D eigenvalue weighted by molar-refractivity contribution is -0.140. The van der Waals surface area contributed by atoms with E-state index in [0.29, 0.717) is 6.54 Å². The molecule has 1 saturated carbocycles. The number of allylic oxidation sites excluding steroid dienone is 2. The van der Waals surface area contributed by atoms with E-state index in [1.807, 2.05) is 6.08 Å². The largest absolute Gasteiger partial charge is 0.396 e. The minimum atomic E-state index is -3.56. The summed E-state index contributed by atoms with van der Waals surface area (Å²) in [4.78, 5) is 28.2. The summed E-state index contributed by atoms with van der Waals surface area (Å²) in [6.45, 7) is 4.54. The topological polar surface area (TPSA) is 93.1 Å². The number of likely N-dealkylation sites (tertiary alicyclic amines) is 1. The van der Waals surface area contributed by atoms with Crippen molar-refractivity contribution < 1.29 is 28.3 Å². The highest BCUT2D eigenvalue weighted by Crippen LogP contribution is 2.62. The van der Waals surface area contributed by atoms with Crippen LogP contribution in [0.5, 0.6) is 0 Å². The Morgan fingerprint density at radius 3 is 2.37 bits per heavy atom. The number of carbonyl (C=O) groups is 2. The Morgan fingerprint density at radius 1 is 1.03 bits per heavy atom. The third kappa shape index (κ3) is 4.59. The van der Waals surface area contributed by atoms with E-state index in [2.05, 4.69) is 0 Å². The van der Waals surface area contributed by atoms with Gasteiger partial charge in [0.1, 0.15) is 0 Å².